The van der Waals surface area contributed by atoms with E-state index in [1.807, 2.05) is 6.07 Å². The van der Waals surface area contributed by atoms with Gasteiger partial charge in [-0.3, -0.25) is 18.9 Å². The minimum Gasteiger partial charge on any atom is -0.396 e. The monoisotopic (exact) mass is 500 g/mol. The SMILES string of the molecule is Cn1c(Nc2ccnc(C3CC3CO)c2)nc2c1c(=O)n(Cc1ccc(Cl)c(Cl)c1)c(=O)n2C. The molecule has 0 amide bonds. The molecule has 1 aliphatic carbocycles. The van der Waals surface area contributed by atoms with Crippen molar-refractivity contribution in [2.45, 2.75) is 18.9 Å². The van der Waals surface area contributed by atoms with E-state index in [2.05, 4.69) is 15.3 Å². The first kappa shape index (κ1) is 22.6. The summed E-state index contributed by atoms with van der Waals surface area (Å²) >= 11 is 12.1. The average Bonchev–Trinajstić information content (AvgIpc) is 3.55. The van der Waals surface area contributed by atoms with Crippen molar-refractivity contribution in [1.29, 1.82) is 0 Å². The Labute approximate surface area is 204 Å². The van der Waals surface area contributed by atoms with E-state index in [9.17, 15) is 14.7 Å². The predicted octanol–water partition coefficient (Wildman–Crippen LogP) is 3.02. The number of pyridine rings is 1. The molecular weight excluding hydrogens is 479 g/mol. The Kier molecular flexibility index (Phi) is 5.71. The number of aliphatic hydroxyl groups is 1. The first-order chi connectivity index (χ1) is 16.3. The number of nitrogens with one attached hydrogen (secondary N) is 1. The number of hydrogen-bond acceptors (Lipinski definition) is 6. The van der Waals surface area contributed by atoms with Crippen molar-refractivity contribution in [3.05, 3.63) is 78.7 Å². The van der Waals surface area contributed by atoms with Crippen LogP contribution in [0.3, 0.4) is 0 Å². The van der Waals surface area contributed by atoms with Crippen LogP contribution in [0.1, 0.15) is 23.6 Å². The van der Waals surface area contributed by atoms with Gasteiger partial charge in [0.1, 0.15) is 0 Å². The van der Waals surface area contributed by atoms with E-state index >= 15 is 0 Å². The summed E-state index contributed by atoms with van der Waals surface area (Å²) in [6.07, 6.45) is 2.62. The minimum atomic E-state index is -0.483. The Morgan fingerprint density at radius 3 is 2.62 bits per heavy atom. The summed E-state index contributed by atoms with van der Waals surface area (Å²) in [6, 6.07) is 8.72. The Hall–Kier alpha value is -3.14. The first-order valence-electron chi connectivity index (χ1n) is 10.7. The molecule has 0 radical (unpaired) electrons. The fourth-order valence-corrected chi connectivity index (χ4v) is 4.51. The standard InChI is InChI=1S/C23H22Cl2N6O3/c1-29-19-20(28-22(29)27-14-5-6-26-18(9-14)15-8-13(15)11-32)30(2)23(34)31(21(19)33)10-12-3-4-16(24)17(25)7-12/h3-7,9,13,15,32H,8,10-11H2,1-2H3,(H,26,27,28). The summed E-state index contributed by atoms with van der Waals surface area (Å²) in [5, 5.41) is 13.3. The van der Waals surface area contributed by atoms with Crippen LogP contribution < -0.4 is 16.6 Å². The van der Waals surface area contributed by atoms with Crippen molar-refractivity contribution < 1.29 is 5.11 Å². The van der Waals surface area contributed by atoms with E-state index in [1.165, 1.54) is 4.57 Å². The zero-order valence-corrected chi connectivity index (χ0v) is 20.0. The van der Waals surface area contributed by atoms with Gasteiger partial charge in [-0.15, -0.1) is 0 Å². The lowest BCUT2D eigenvalue weighted by Crippen LogP contribution is -2.39. The van der Waals surface area contributed by atoms with Crippen LogP contribution in [0.25, 0.3) is 11.2 Å². The van der Waals surface area contributed by atoms with Crippen LogP contribution in [0, 0.1) is 5.92 Å². The summed E-state index contributed by atoms with van der Waals surface area (Å²) in [4.78, 5) is 35.3. The molecule has 0 bridgehead atoms. The fourth-order valence-electron chi connectivity index (χ4n) is 4.18. The Morgan fingerprint density at radius 1 is 1.12 bits per heavy atom. The Bertz CT molecular complexity index is 1540. The van der Waals surface area contributed by atoms with Gasteiger partial charge in [-0.05, 0) is 42.2 Å². The molecule has 1 saturated carbocycles. The van der Waals surface area contributed by atoms with Gasteiger partial charge in [0.25, 0.3) is 5.56 Å². The maximum Gasteiger partial charge on any atom is 0.332 e. The third kappa shape index (κ3) is 3.89. The van der Waals surface area contributed by atoms with Crippen molar-refractivity contribution in [1.82, 2.24) is 23.7 Å². The van der Waals surface area contributed by atoms with Crippen LogP contribution in [0.4, 0.5) is 11.6 Å². The number of benzene rings is 1. The number of rotatable bonds is 6. The number of anilines is 2. The van der Waals surface area contributed by atoms with Gasteiger partial charge in [-0.2, -0.15) is 4.98 Å². The predicted molar refractivity (Wildman–Crippen MR) is 131 cm³/mol. The molecule has 1 fully saturated rings. The summed E-state index contributed by atoms with van der Waals surface area (Å²) < 4.78 is 4.14. The third-order valence-corrected chi connectivity index (χ3v) is 7.00. The molecule has 2 unspecified atom stereocenters. The van der Waals surface area contributed by atoms with Gasteiger partial charge >= 0.3 is 5.69 Å². The molecule has 0 aliphatic heterocycles. The van der Waals surface area contributed by atoms with Gasteiger partial charge in [0.2, 0.25) is 5.95 Å². The van der Waals surface area contributed by atoms with Crippen LogP contribution in [0.15, 0.2) is 46.1 Å². The molecule has 3 heterocycles. The van der Waals surface area contributed by atoms with E-state index in [-0.39, 0.29) is 30.6 Å². The lowest BCUT2D eigenvalue weighted by atomic mass is 10.2. The van der Waals surface area contributed by atoms with Gasteiger partial charge in [0, 0.05) is 44.2 Å². The van der Waals surface area contributed by atoms with Crippen LogP contribution in [-0.2, 0) is 20.6 Å². The highest BCUT2D eigenvalue weighted by Gasteiger charge is 2.38. The molecule has 0 saturated heterocycles. The third-order valence-electron chi connectivity index (χ3n) is 6.26. The van der Waals surface area contributed by atoms with E-state index in [4.69, 9.17) is 23.2 Å². The van der Waals surface area contributed by atoms with Gasteiger partial charge in [0.15, 0.2) is 11.2 Å². The van der Waals surface area contributed by atoms with E-state index in [0.717, 1.165) is 22.4 Å². The van der Waals surface area contributed by atoms with Crippen molar-refractivity contribution in [3.8, 4) is 0 Å². The molecule has 11 heteroatoms. The highest BCUT2D eigenvalue weighted by Crippen LogP contribution is 2.46. The average molecular weight is 501 g/mol. The normalized spacial score (nSPS) is 17.3. The van der Waals surface area contributed by atoms with Gasteiger partial charge in [0.05, 0.1) is 16.6 Å². The number of imidazole rings is 1. The van der Waals surface area contributed by atoms with Crippen LogP contribution >= 0.6 is 23.2 Å². The van der Waals surface area contributed by atoms with Crippen LogP contribution in [-0.4, -0.2) is 35.4 Å². The second kappa shape index (κ2) is 8.57. The second-order valence-corrected chi connectivity index (χ2v) is 9.34. The summed E-state index contributed by atoms with van der Waals surface area (Å²) in [5.41, 5.74) is 1.98. The lowest BCUT2D eigenvalue weighted by molar-refractivity contribution is 0.273. The lowest BCUT2D eigenvalue weighted by Gasteiger charge is -2.10. The molecule has 9 nitrogen and oxygen atoms in total. The van der Waals surface area contributed by atoms with Crippen molar-refractivity contribution in [3.63, 3.8) is 0 Å². The summed E-state index contributed by atoms with van der Waals surface area (Å²) in [7, 11) is 3.30. The largest absolute Gasteiger partial charge is 0.396 e. The number of nitrogens with zero attached hydrogens (tertiary/aromatic N) is 5. The van der Waals surface area contributed by atoms with Crippen LogP contribution in [0.5, 0.6) is 0 Å². The number of halogens is 2. The molecule has 2 N–H and O–H groups in total. The van der Waals surface area contributed by atoms with E-state index in [0.29, 0.717) is 27.1 Å². The van der Waals surface area contributed by atoms with E-state index < -0.39 is 11.2 Å². The van der Waals surface area contributed by atoms with Gasteiger partial charge in [-0.25, -0.2) is 4.79 Å². The quantitative estimate of drug-likeness (QED) is 0.421. The zero-order chi connectivity index (χ0) is 24.1. The molecule has 176 valence electrons. The van der Waals surface area contributed by atoms with E-state index in [1.54, 1.807) is 49.1 Å². The molecule has 2 atom stereocenters. The van der Waals surface area contributed by atoms with Crippen LogP contribution in [0.2, 0.25) is 10.0 Å². The smallest absolute Gasteiger partial charge is 0.332 e. The maximum absolute atomic E-state index is 13.3. The number of aliphatic hydroxyl groups excluding tert-OH is 1. The molecule has 1 aliphatic rings. The second-order valence-electron chi connectivity index (χ2n) is 8.53. The Morgan fingerprint density at radius 2 is 1.91 bits per heavy atom. The van der Waals surface area contributed by atoms with Crippen molar-refractivity contribution in [2.75, 3.05) is 11.9 Å². The maximum atomic E-state index is 13.3. The summed E-state index contributed by atoms with van der Waals surface area (Å²) in [5.74, 6) is 0.921. The fraction of sp³-hybridized carbons (Fsp3) is 0.304. The topological polar surface area (TPSA) is 107 Å². The first-order valence-corrected chi connectivity index (χ1v) is 11.5. The van der Waals surface area contributed by atoms with Crippen molar-refractivity contribution in [2.24, 2.45) is 20.0 Å². The number of aryl methyl sites for hydroxylation is 2. The Balaban J connectivity index is 1.53. The molecular formula is C23H22Cl2N6O3. The highest BCUT2D eigenvalue weighted by atomic mass is 35.5. The molecule has 0 spiro atoms. The molecule has 1 aromatic carbocycles. The zero-order valence-electron chi connectivity index (χ0n) is 18.5. The number of fused-ring (bicyclic) bond motifs is 1. The minimum absolute atomic E-state index is 0.0490. The van der Waals surface area contributed by atoms with Gasteiger partial charge in [-0.1, -0.05) is 29.3 Å². The molecule has 5 rings (SSSR count). The highest BCUT2D eigenvalue weighted by molar-refractivity contribution is 6.42. The number of aromatic nitrogens is 5. The molecule has 4 aromatic rings. The van der Waals surface area contributed by atoms with Crippen molar-refractivity contribution >= 4 is 46.0 Å². The molecule has 34 heavy (non-hydrogen) atoms. The summed E-state index contributed by atoms with van der Waals surface area (Å²) in [6.45, 7) is 0.199. The van der Waals surface area contributed by atoms with Gasteiger partial charge < -0.3 is 15.0 Å². The molecule has 3 aromatic heterocycles. The number of hydrogen-bond donors (Lipinski definition) is 2.